The van der Waals surface area contributed by atoms with Gasteiger partial charge in [0.1, 0.15) is 5.82 Å². The maximum absolute atomic E-state index is 15.1. The van der Waals surface area contributed by atoms with Gasteiger partial charge >= 0.3 is 0 Å². The van der Waals surface area contributed by atoms with E-state index in [1.54, 1.807) is 7.11 Å². The zero-order valence-corrected chi connectivity index (χ0v) is 22.2. The number of ether oxygens (including phenoxy) is 1. The number of halogens is 1. The van der Waals surface area contributed by atoms with E-state index in [0.29, 0.717) is 5.92 Å². The van der Waals surface area contributed by atoms with Gasteiger partial charge in [0.05, 0.1) is 0 Å². The van der Waals surface area contributed by atoms with Crippen molar-refractivity contribution in [2.45, 2.75) is 103 Å². The number of hydrogen-bond donors (Lipinski definition) is 0. The van der Waals surface area contributed by atoms with Crippen molar-refractivity contribution in [3.63, 3.8) is 0 Å². The van der Waals surface area contributed by atoms with Gasteiger partial charge in [-0.15, -0.1) is 0 Å². The van der Waals surface area contributed by atoms with E-state index >= 15 is 4.39 Å². The number of benzene rings is 2. The normalized spacial score (nSPS) is 25.0. The lowest BCUT2D eigenvalue weighted by Gasteiger charge is -2.38. The van der Waals surface area contributed by atoms with Crippen LogP contribution in [0.15, 0.2) is 42.5 Å². The van der Waals surface area contributed by atoms with Gasteiger partial charge in [0.2, 0.25) is 0 Å². The second-order valence-electron chi connectivity index (χ2n) is 11.4. The molecule has 0 spiro atoms. The van der Waals surface area contributed by atoms with Crippen molar-refractivity contribution in [2.75, 3.05) is 13.7 Å². The monoisotopic (exact) mass is 478 g/mol. The third-order valence-electron chi connectivity index (χ3n) is 9.09. The molecule has 35 heavy (non-hydrogen) atoms. The summed E-state index contributed by atoms with van der Waals surface area (Å²) in [5.74, 6) is 3.33. The van der Waals surface area contributed by atoms with Crippen LogP contribution in [-0.2, 0) is 11.2 Å². The molecule has 2 heteroatoms. The van der Waals surface area contributed by atoms with Crippen molar-refractivity contribution in [1.82, 2.24) is 0 Å². The predicted octanol–water partition coefficient (Wildman–Crippen LogP) is 9.73. The molecule has 0 radical (unpaired) electrons. The summed E-state index contributed by atoms with van der Waals surface area (Å²) in [6.07, 6.45) is 18.7. The molecule has 0 aliphatic heterocycles. The summed E-state index contributed by atoms with van der Waals surface area (Å²) >= 11 is 0. The van der Waals surface area contributed by atoms with Gasteiger partial charge in [-0.25, -0.2) is 4.39 Å². The first kappa shape index (κ1) is 26.4. The molecule has 0 atom stereocenters. The van der Waals surface area contributed by atoms with Gasteiger partial charge in [-0.05, 0) is 97.8 Å². The van der Waals surface area contributed by atoms with E-state index in [1.807, 2.05) is 12.1 Å². The second kappa shape index (κ2) is 13.6. The Bertz CT molecular complexity index is 872. The summed E-state index contributed by atoms with van der Waals surface area (Å²) in [7, 11) is 1.74. The van der Waals surface area contributed by atoms with Crippen LogP contribution in [0.2, 0.25) is 0 Å². The van der Waals surface area contributed by atoms with Crippen LogP contribution in [0, 0.1) is 23.6 Å². The highest BCUT2D eigenvalue weighted by molar-refractivity contribution is 5.65. The van der Waals surface area contributed by atoms with Crippen LogP contribution in [0.1, 0.15) is 107 Å². The molecule has 0 heterocycles. The Morgan fingerprint density at radius 1 is 0.800 bits per heavy atom. The smallest absolute Gasteiger partial charge is 0.131 e. The SMILES string of the molecule is CCCCCC1CCC(C2CCC(c3ccc(-c4ccc(CCCOC)cc4)c(F)c3)CC2)CC1. The Balaban J connectivity index is 1.26. The fourth-order valence-electron chi connectivity index (χ4n) is 6.85. The Hall–Kier alpha value is -1.67. The fraction of sp³-hybridized carbons (Fsp3) is 0.636. The van der Waals surface area contributed by atoms with Crippen LogP contribution < -0.4 is 0 Å². The Kier molecular flexibility index (Phi) is 10.2. The van der Waals surface area contributed by atoms with Crippen LogP contribution in [0.4, 0.5) is 4.39 Å². The van der Waals surface area contributed by atoms with Crippen LogP contribution in [-0.4, -0.2) is 13.7 Å². The molecular weight excluding hydrogens is 431 g/mol. The van der Waals surface area contributed by atoms with Gasteiger partial charge in [-0.2, -0.15) is 0 Å². The summed E-state index contributed by atoms with van der Waals surface area (Å²) in [6.45, 7) is 3.08. The first-order valence-electron chi connectivity index (χ1n) is 14.6. The zero-order valence-electron chi connectivity index (χ0n) is 22.2. The number of methoxy groups -OCH3 is 1. The summed E-state index contributed by atoms with van der Waals surface area (Å²) in [4.78, 5) is 0. The van der Waals surface area contributed by atoms with E-state index < -0.39 is 0 Å². The van der Waals surface area contributed by atoms with Gasteiger partial charge in [0, 0.05) is 19.3 Å². The molecule has 0 amide bonds. The molecule has 0 aromatic heterocycles. The maximum atomic E-state index is 15.1. The summed E-state index contributed by atoms with van der Waals surface area (Å²) in [5.41, 5.74) is 4.19. The van der Waals surface area contributed by atoms with Crippen LogP contribution >= 0.6 is 0 Å². The molecule has 2 aromatic carbocycles. The van der Waals surface area contributed by atoms with E-state index in [9.17, 15) is 0 Å². The molecule has 0 saturated heterocycles. The van der Waals surface area contributed by atoms with Crippen molar-refractivity contribution >= 4 is 0 Å². The summed E-state index contributed by atoms with van der Waals surface area (Å²) in [5, 5.41) is 0. The van der Waals surface area contributed by atoms with E-state index in [-0.39, 0.29) is 5.82 Å². The Morgan fingerprint density at radius 3 is 2.11 bits per heavy atom. The first-order valence-corrected chi connectivity index (χ1v) is 14.6. The van der Waals surface area contributed by atoms with E-state index in [1.165, 1.54) is 88.2 Å². The quantitative estimate of drug-likeness (QED) is 0.292. The van der Waals surface area contributed by atoms with Gasteiger partial charge in [-0.1, -0.05) is 81.8 Å². The third-order valence-corrected chi connectivity index (χ3v) is 9.09. The lowest BCUT2D eigenvalue weighted by atomic mass is 9.68. The molecular formula is C33H47FO. The number of hydrogen-bond acceptors (Lipinski definition) is 1. The first-order chi connectivity index (χ1) is 17.2. The van der Waals surface area contributed by atoms with Crippen LogP contribution in [0.5, 0.6) is 0 Å². The fourth-order valence-corrected chi connectivity index (χ4v) is 6.85. The van der Waals surface area contributed by atoms with Gasteiger partial charge in [0.25, 0.3) is 0 Å². The van der Waals surface area contributed by atoms with Gasteiger partial charge in [0.15, 0.2) is 0 Å². The minimum absolute atomic E-state index is 0.0712. The average Bonchev–Trinajstić information content (AvgIpc) is 2.90. The van der Waals surface area contributed by atoms with Crippen molar-refractivity contribution in [3.05, 3.63) is 59.4 Å². The zero-order chi connectivity index (χ0) is 24.5. The molecule has 4 rings (SSSR count). The Labute approximate surface area is 213 Å². The van der Waals surface area contributed by atoms with E-state index in [4.69, 9.17) is 4.74 Å². The molecule has 2 aromatic rings. The third kappa shape index (κ3) is 7.42. The van der Waals surface area contributed by atoms with Crippen LogP contribution in [0.25, 0.3) is 11.1 Å². The largest absolute Gasteiger partial charge is 0.385 e. The standard InChI is InChI=1S/C33H47FO/c1-3-4-5-7-25-9-13-27(14-10-25)28-17-19-29(20-18-28)31-21-22-32(33(34)24-31)30-15-11-26(12-16-30)8-6-23-35-2/h11-12,15-16,21-22,24-25,27-29H,3-10,13-14,17-20,23H2,1-2H3. The molecule has 1 nitrogen and oxygen atoms in total. The molecule has 2 fully saturated rings. The highest BCUT2D eigenvalue weighted by atomic mass is 19.1. The molecule has 0 unspecified atom stereocenters. The van der Waals surface area contributed by atoms with E-state index in [2.05, 4.69) is 37.3 Å². The molecule has 192 valence electrons. The van der Waals surface area contributed by atoms with Crippen molar-refractivity contribution < 1.29 is 9.13 Å². The molecule has 2 aliphatic carbocycles. The lowest BCUT2D eigenvalue weighted by molar-refractivity contribution is 0.155. The van der Waals surface area contributed by atoms with E-state index in [0.717, 1.165) is 48.3 Å². The molecule has 2 saturated carbocycles. The average molecular weight is 479 g/mol. The maximum Gasteiger partial charge on any atom is 0.131 e. The highest BCUT2D eigenvalue weighted by Gasteiger charge is 2.31. The minimum Gasteiger partial charge on any atom is -0.385 e. The minimum atomic E-state index is -0.0712. The predicted molar refractivity (Wildman–Crippen MR) is 146 cm³/mol. The highest BCUT2D eigenvalue weighted by Crippen LogP contribution is 2.45. The topological polar surface area (TPSA) is 9.23 Å². The molecule has 0 bridgehead atoms. The number of unbranched alkanes of at least 4 members (excludes halogenated alkanes) is 2. The number of rotatable bonds is 11. The van der Waals surface area contributed by atoms with Gasteiger partial charge in [-0.3, -0.25) is 0 Å². The van der Waals surface area contributed by atoms with Gasteiger partial charge < -0.3 is 4.74 Å². The van der Waals surface area contributed by atoms with Crippen molar-refractivity contribution in [3.8, 4) is 11.1 Å². The van der Waals surface area contributed by atoms with Crippen molar-refractivity contribution in [2.24, 2.45) is 17.8 Å². The molecule has 0 N–H and O–H groups in total. The Morgan fingerprint density at radius 2 is 1.49 bits per heavy atom. The van der Waals surface area contributed by atoms with Crippen molar-refractivity contribution in [1.29, 1.82) is 0 Å². The molecule has 2 aliphatic rings. The second-order valence-corrected chi connectivity index (χ2v) is 11.4. The lowest BCUT2D eigenvalue weighted by Crippen LogP contribution is -2.25. The summed E-state index contributed by atoms with van der Waals surface area (Å²) < 4.78 is 20.3. The van der Waals surface area contributed by atoms with Crippen LogP contribution in [0.3, 0.4) is 0 Å². The number of aryl methyl sites for hydroxylation is 1. The summed E-state index contributed by atoms with van der Waals surface area (Å²) in [6, 6.07) is 14.4.